The highest BCUT2D eigenvalue weighted by Gasteiger charge is 2.15. The van der Waals surface area contributed by atoms with Gasteiger partial charge in [-0.15, -0.1) is 0 Å². The van der Waals surface area contributed by atoms with Crippen molar-refractivity contribution in [3.63, 3.8) is 0 Å². The topological polar surface area (TPSA) is 38.7 Å². The summed E-state index contributed by atoms with van der Waals surface area (Å²) >= 11 is 0. The number of pyridine rings is 3. The number of aryl methyl sites for hydroxylation is 1. The van der Waals surface area contributed by atoms with Gasteiger partial charge in [-0.05, 0) is 71.1 Å². The van der Waals surface area contributed by atoms with Crippen molar-refractivity contribution in [2.75, 3.05) is 0 Å². The van der Waals surface area contributed by atoms with Crippen molar-refractivity contribution in [2.45, 2.75) is 20.3 Å². The van der Waals surface area contributed by atoms with E-state index >= 15 is 0 Å². The zero-order chi connectivity index (χ0) is 30.3. The van der Waals surface area contributed by atoms with Gasteiger partial charge in [0.15, 0.2) is 0 Å². The van der Waals surface area contributed by atoms with Gasteiger partial charge in [0.1, 0.15) is 0 Å². The SMILES string of the molecule is CC/C=C\c1cc(-c2ccc(-c3cccc(-c4nc5ccccc5c5c4ccc4ccccc45)c3)cn2)c2cccnc2c1C. The second-order valence-electron chi connectivity index (χ2n) is 11.5. The number of para-hydroxylation sites is 1. The maximum atomic E-state index is 5.21. The minimum Gasteiger partial charge on any atom is -0.256 e. The van der Waals surface area contributed by atoms with Crippen LogP contribution in [-0.4, -0.2) is 15.0 Å². The Morgan fingerprint density at radius 2 is 1.47 bits per heavy atom. The Kier molecular flexibility index (Phi) is 6.65. The molecule has 0 spiro atoms. The van der Waals surface area contributed by atoms with Crippen molar-refractivity contribution in [1.82, 2.24) is 15.0 Å². The summed E-state index contributed by atoms with van der Waals surface area (Å²) in [7, 11) is 0. The molecule has 0 unspecified atom stereocenters. The Balaban J connectivity index is 1.24. The van der Waals surface area contributed by atoms with Crippen molar-refractivity contribution in [1.29, 1.82) is 0 Å². The molecule has 0 aliphatic heterocycles. The molecule has 3 aromatic heterocycles. The van der Waals surface area contributed by atoms with Crippen LogP contribution in [-0.2, 0) is 0 Å². The summed E-state index contributed by atoms with van der Waals surface area (Å²) in [6.07, 6.45) is 9.23. The highest BCUT2D eigenvalue weighted by molar-refractivity contribution is 6.22. The molecule has 0 saturated carbocycles. The van der Waals surface area contributed by atoms with Crippen LogP contribution in [0.5, 0.6) is 0 Å². The van der Waals surface area contributed by atoms with E-state index in [0.29, 0.717) is 0 Å². The number of hydrogen-bond donors (Lipinski definition) is 0. The van der Waals surface area contributed by atoms with Crippen molar-refractivity contribution < 1.29 is 0 Å². The van der Waals surface area contributed by atoms with Gasteiger partial charge in [0.05, 0.1) is 22.4 Å². The maximum absolute atomic E-state index is 5.21. The summed E-state index contributed by atoms with van der Waals surface area (Å²) in [5.74, 6) is 0. The maximum Gasteiger partial charge on any atom is 0.0788 e. The van der Waals surface area contributed by atoms with Gasteiger partial charge in [-0.3, -0.25) is 9.97 Å². The first-order valence-electron chi connectivity index (χ1n) is 15.5. The van der Waals surface area contributed by atoms with Crippen LogP contribution >= 0.6 is 0 Å². The lowest BCUT2D eigenvalue weighted by molar-refractivity contribution is 1.23. The minimum absolute atomic E-state index is 0.938. The number of nitrogens with zero attached hydrogens (tertiary/aromatic N) is 3. The van der Waals surface area contributed by atoms with Gasteiger partial charge in [0.25, 0.3) is 0 Å². The Morgan fingerprint density at radius 3 is 2.33 bits per heavy atom. The standard InChI is InChI=1S/C42H31N3/c1-3-4-11-29-25-37(34-17-10-23-43-41(34)27(29)2)38-22-20-32(26-44-38)30-13-9-14-31(24-30)42-36-21-19-28-12-5-6-15-33(28)40(36)35-16-7-8-18-39(35)45-42/h4-26H,3H2,1-2H3/b11-4-. The predicted octanol–water partition coefficient (Wildman–Crippen LogP) is 11.2. The van der Waals surface area contributed by atoms with E-state index in [0.717, 1.165) is 61.9 Å². The molecule has 8 aromatic rings. The molecule has 0 aliphatic rings. The molecule has 0 radical (unpaired) electrons. The van der Waals surface area contributed by atoms with Gasteiger partial charge >= 0.3 is 0 Å². The molecule has 45 heavy (non-hydrogen) atoms. The second kappa shape index (κ2) is 11.1. The fourth-order valence-electron chi connectivity index (χ4n) is 6.54. The molecule has 0 aliphatic carbocycles. The smallest absolute Gasteiger partial charge is 0.0788 e. The van der Waals surface area contributed by atoms with E-state index in [1.165, 1.54) is 32.7 Å². The molecule has 0 amide bonds. The summed E-state index contributed by atoms with van der Waals surface area (Å²) in [5, 5.41) is 7.18. The average molecular weight is 578 g/mol. The molecule has 214 valence electrons. The third-order valence-electron chi connectivity index (χ3n) is 8.82. The summed E-state index contributed by atoms with van der Waals surface area (Å²) in [4.78, 5) is 14.9. The van der Waals surface area contributed by atoms with Gasteiger partial charge in [-0.2, -0.15) is 0 Å². The van der Waals surface area contributed by atoms with Gasteiger partial charge < -0.3 is 0 Å². The summed E-state index contributed by atoms with van der Waals surface area (Å²) < 4.78 is 0. The third kappa shape index (κ3) is 4.65. The van der Waals surface area contributed by atoms with E-state index in [2.05, 4.69) is 135 Å². The first-order valence-corrected chi connectivity index (χ1v) is 15.5. The van der Waals surface area contributed by atoms with Crippen molar-refractivity contribution in [2.24, 2.45) is 0 Å². The lowest BCUT2D eigenvalue weighted by Gasteiger charge is -2.14. The molecule has 0 N–H and O–H groups in total. The Bertz CT molecular complexity index is 2400. The molecular formula is C42H31N3. The molecule has 3 heterocycles. The number of fused-ring (bicyclic) bond motifs is 6. The quantitative estimate of drug-likeness (QED) is 0.191. The minimum atomic E-state index is 0.938. The van der Waals surface area contributed by atoms with Gasteiger partial charge in [-0.25, -0.2) is 4.98 Å². The van der Waals surface area contributed by atoms with E-state index in [9.17, 15) is 0 Å². The van der Waals surface area contributed by atoms with Crippen LogP contribution in [0.1, 0.15) is 24.5 Å². The van der Waals surface area contributed by atoms with Crippen LogP contribution < -0.4 is 0 Å². The second-order valence-corrected chi connectivity index (χ2v) is 11.5. The molecule has 0 atom stereocenters. The van der Waals surface area contributed by atoms with Crippen molar-refractivity contribution >= 4 is 49.4 Å². The average Bonchev–Trinajstić information content (AvgIpc) is 3.11. The Hall–Kier alpha value is -5.67. The van der Waals surface area contributed by atoms with E-state index in [1.54, 1.807) is 0 Å². The Morgan fingerprint density at radius 1 is 0.644 bits per heavy atom. The van der Waals surface area contributed by atoms with Crippen LogP contribution in [0.3, 0.4) is 0 Å². The normalized spacial score (nSPS) is 11.8. The van der Waals surface area contributed by atoms with Gasteiger partial charge in [0.2, 0.25) is 0 Å². The first kappa shape index (κ1) is 26.9. The molecule has 5 aromatic carbocycles. The number of rotatable bonds is 5. The lowest BCUT2D eigenvalue weighted by atomic mass is 9.94. The monoisotopic (exact) mass is 577 g/mol. The third-order valence-corrected chi connectivity index (χ3v) is 8.82. The van der Waals surface area contributed by atoms with Gasteiger partial charge in [0, 0.05) is 50.6 Å². The zero-order valence-electron chi connectivity index (χ0n) is 25.3. The zero-order valence-corrected chi connectivity index (χ0v) is 25.3. The number of benzene rings is 5. The van der Waals surface area contributed by atoms with Crippen molar-refractivity contribution in [3.8, 4) is 33.6 Å². The fraction of sp³-hybridized carbons (Fsp3) is 0.0714. The predicted molar refractivity (Wildman–Crippen MR) is 190 cm³/mol. The van der Waals surface area contributed by atoms with Crippen LogP contribution in [0.15, 0.2) is 134 Å². The number of hydrogen-bond acceptors (Lipinski definition) is 3. The van der Waals surface area contributed by atoms with Crippen LogP contribution in [0, 0.1) is 6.92 Å². The van der Waals surface area contributed by atoms with E-state index in [1.807, 2.05) is 18.5 Å². The summed E-state index contributed by atoms with van der Waals surface area (Å²) in [6.45, 7) is 4.30. The molecular weight excluding hydrogens is 546 g/mol. The summed E-state index contributed by atoms with van der Waals surface area (Å²) in [6, 6.07) is 40.8. The first-order chi connectivity index (χ1) is 22.2. The molecule has 0 bridgehead atoms. The number of allylic oxidation sites excluding steroid dienone is 1. The fourth-order valence-corrected chi connectivity index (χ4v) is 6.54. The van der Waals surface area contributed by atoms with Crippen LogP contribution in [0.25, 0.3) is 83.1 Å². The molecule has 0 fully saturated rings. The van der Waals surface area contributed by atoms with E-state index in [4.69, 9.17) is 15.0 Å². The van der Waals surface area contributed by atoms with Crippen molar-refractivity contribution in [3.05, 3.63) is 145 Å². The highest BCUT2D eigenvalue weighted by Crippen LogP contribution is 2.38. The highest BCUT2D eigenvalue weighted by atomic mass is 14.7. The Labute approximate surface area is 262 Å². The van der Waals surface area contributed by atoms with Gasteiger partial charge in [-0.1, -0.05) is 104 Å². The van der Waals surface area contributed by atoms with E-state index in [-0.39, 0.29) is 0 Å². The van der Waals surface area contributed by atoms with Crippen LogP contribution in [0.2, 0.25) is 0 Å². The molecule has 3 nitrogen and oxygen atoms in total. The molecule has 3 heteroatoms. The molecule has 8 rings (SSSR count). The van der Waals surface area contributed by atoms with Crippen LogP contribution in [0.4, 0.5) is 0 Å². The number of aromatic nitrogens is 3. The summed E-state index contributed by atoms with van der Waals surface area (Å²) in [5.41, 5.74) is 10.7. The lowest BCUT2D eigenvalue weighted by Crippen LogP contribution is -1.93. The molecule has 0 saturated heterocycles. The van der Waals surface area contributed by atoms with E-state index < -0.39 is 0 Å². The largest absolute Gasteiger partial charge is 0.256 e.